The highest BCUT2D eigenvalue weighted by Gasteiger charge is 2.14. The third-order valence-corrected chi connectivity index (χ3v) is 2.72. The summed E-state index contributed by atoms with van der Waals surface area (Å²) in [7, 11) is 0. The lowest BCUT2D eigenvalue weighted by molar-refractivity contribution is 0.493. The Labute approximate surface area is 95.3 Å². The fourth-order valence-corrected chi connectivity index (χ4v) is 1.86. The second kappa shape index (κ2) is 4.63. The highest BCUT2D eigenvalue weighted by molar-refractivity contribution is 6.99. The van der Waals surface area contributed by atoms with Gasteiger partial charge in [0.05, 0.1) is 29.7 Å². The summed E-state index contributed by atoms with van der Waals surface area (Å²) >= 11 is 1.04. The Morgan fingerprint density at radius 1 is 1.38 bits per heavy atom. The standard InChI is InChI=1S/C10H9F2N3S/c11-7-3-1-2-6(10(7)12)4-8(13)9-5-14-16-15-9/h1-3,5,8H,4,13H2. The van der Waals surface area contributed by atoms with Crippen molar-refractivity contribution in [1.82, 2.24) is 8.75 Å². The molecule has 1 aromatic carbocycles. The van der Waals surface area contributed by atoms with Gasteiger partial charge in [0.15, 0.2) is 11.6 Å². The van der Waals surface area contributed by atoms with Gasteiger partial charge in [-0.1, -0.05) is 12.1 Å². The zero-order chi connectivity index (χ0) is 11.5. The number of nitrogens with two attached hydrogens (primary N) is 1. The van der Waals surface area contributed by atoms with Gasteiger partial charge in [0, 0.05) is 0 Å². The molecule has 6 heteroatoms. The fourth-order valence-electron chi connectivity index (χ4n) is 1.38. The first-order valence-corrected chi connectivity index (χ1v) is 5.37. The predicted molar refractivity (Wildman–Crippen MR) is 56.9 cm³/mol. The van der Waals surface area contributed by atoms with Crippen molar-refractivity contribution in [3.63, 3.8) is 0 Å². The lowest BCUT2D eigenvalue weighted by atomic mass is 10.0. The summed E-state index contributed by atoms with van der Waals surface area (Å²) < 4.78 is 34.0. The van der Waals surface area contributed by atoms with Gasteiger partial charge in [0.1, 0.15) is 0 Å². The first kappa shape index (κ1) is 11.1. The minimum Gasteiger partial charge on any atom is -0.322 e. The van der Waals surface area contributed by atoms with Crippen molar-refractivity contribution < 1.29 is 8.78 Å². The van der Waals surface area contributed by atoms with Gasteiger partial charge in [0.25, 0.3) is 0 Å². The van der Waals surface area contributed by atoms with Crippen molar-refractivity contribution >= 4 is 11.7 Å². The quantitative estimate of drug-likeness (QED) is 0.894. The van der Waals surface area contributed by atoms with Crippen molar-refractivity contribution in [3.8, 4) is 0 Å². The van der Waals surface area contributed by atoms with Crippen molar-refractivity contribution in [2.75, 3.05) is 0 Å². The van der Waals surface area contributed by atoms with Crippen LogP contribution in [0.2, 0.25) is 0 Å². The van der Waals surface area contributed by atoms with E-state index in [0.29, 0.717) is 5.69 Å². The number of hydrogen-bond donors (Lipinski definition) is 1. The van der Waals surface area contributed by atoms with E-state index in [9.17, 15) is 8.78 Å². The first-order chi connectivity index (χ1) is 7.68. The Hall–Kier alpha value is -1.40. The Bertz CT molecular complexity index is 473. The first-order valence-electron chi connectivity index (χ1n) is 4.64. The minimum atomic E-state index is -0.860. The van der Waals surface area contributed by atoms with Gasteiger partial charge in [-0.15, -0.1) is 0 Å². The molecule has 0 aliphatic rings. The molecule has 0 fully saturated rings. The van der Waals surface area contributed by atoms with Crippen molar-refractivity contribution in [1.29, 1.82) is 0 Å². The summed E-state index contributed by atoms with van der Waals surface area (Å²) in [6.07, 6.45) is 1.74. The monoisotopic (exact) mass is 241 g/mol. The van der Waals surface area contributed by atoms with Crippen LogP contribution in [0.15, 0.2) is 24.4 Å². The van der Waals surface area contributed by atoms with E-state index in [0.717, 1.165) is 17.8 Å². The van der Waals surface area contributed by atoms with Crippen LogP contribution < -0.4 is 5.73 Å². The summed E-state index contributed by atoms with van der Waals surface area (Å²) in [5.41, 5.74) is 6.65. The molecule has 0 bridgehead atoms. The van der Waals surface area contributed by atoms with E-state index in [-0.39, 0.29) is 12.0 Å². The molecule has 0 spiro atoms. The second-order valence-corrected chi connectivity index (χ2v) is 3.91. The van der Waals surface area contributed by atoms with Gasteiger partial charge >= 0.3 is 0 Å². The van der Waals surface area contributed by atoms with Crippen molar-refractivity contribution in [2.24, 2.45) is 5.73 Å². The molecule has 0 aliphatic carbocycles. The number of hydrogen-bond acceptors (Lipinski definition) is 4. The van der Waals surface area contributed by atoms with Gasteiger partial charge in [-0.2, -0.15) is 8.75 Å². The lowest BCUT2D eigenvalue weighted by Gasteiger charge is -2.09. The molecule has 1 heterocycles. The topological polar surface area (TPSA) is 51.8 Å². The van der Waals surface area contributed by atoms with Crippen LogP contribution in [0.4, 0.5) is 8.78 Å². The largest absolute Gasteiger partial charge is 0.322 e. The van der Waals surface area contributed by atoms with Crippen LogP contribution in [0.25, 0.3) is 0 Å². The van der Waals surface area contributed by atoms with E-state index >= 15 is 0 Å². The third-order valence-electron chi connectivity index (χ3n) is 2.23. The summed E-state index contributed by atoms with van der Waals surface area (Å²) in [5, 5.41) is 0. The van der Waals surface area contributed by atoms with Gasteiger partial charge in [-0.3, -0.25) is 0 Å². The average Bonchev–Trinajstić information content (AvgIpc) is 2.78. The predicted octanol–water partition coefficient (Wildman–Crippen LogP) is 2.06. The number of nitrogens with zero attached hydrogens (tertiary/aromatic N) is 2. The van der Waals surface area contributed by atoms with Crippen LogP contribution in [0.1, 0.15) is 17.3 Å². The molecule has 2 aromatic rings. The molecule has 0 amide bonds. The lowest BCUT2D eigenvalue weighted by Crippen LogP contribution is -2.14. The minimum absolute atomic E-state index is 0.203. The highest BCUT2D eigenvalue weighted by atomic mass is 32.1. The van der Waals surface area contributed by atoms with Crippen LogP contribution >= 0.6 is 11.7 Å². The molecule has 1 unspecified atom stereocenters. The van der Waals surface area contributed by atoms with Crippen LogP contribution in [0, 0.1) is 11.6 Å². The van der Waals surface area contributed by atoms with E-state index < -0.39 is 17.7 Å². The molecule has 1 aromatic heterocycles. The molecule has 84 valence electrons. The Morgan fingerprint density at radius 3 is 2.88 bits per heavy atom. The Balaban J connectivity index is 2.18. The zero-order valence-electron chi connectivity index (χ0n) is 8.23. The molecule has 0 saturated carbocycles. The summed E-state index contributed by atoms with van der Waals surface area (Å²) in [6, 6.07) is 3.59. The fraction of sp³-hybridized carbons (Fsp3) is 0.200. The molecule has 3 nitrogen and oxygen atoms in total. The molecule has 2 N–H and O–H groups in total. The van der Waals surface area contributed by atoms with Crippen LogP contribution in [-0.4, -0.2) is 8.75 Å². The van der Waals surface area contributed by atoms with Crippen molar-refractivity contribution in [2.45, 2.75) is 12.5 Å². The zero-order valence-corrected chi connectivity index (χ0v) is 9.05. The van der Waals surface area contributed by atoms with E-state index in [1.807, 2.05) is 0 Å². The summed E-state index contributed by atoms with van der Waals surface area (Å²) in [4.78, 5) is 0. The number of rotatable bonds is 3. The summed E-state index contributed by atoms with van der Waals surface area (Å²) in [6.45, 7) is 0. The number of benzene rings is 1. The molecule has 0 radical (unpaired) electrons. The average molecular weight is 241 g/mol. The Kier molecular flexibility index (Phi) is 3.21. The van der Waals surface area contributed by atoms with E-state index in [2.05, 4.69) is 8.75 Å². The summed E-state index contributed by atoms with van der Waals surface area (Å²) in [5.74, 6) is -1.71. The molecule has 0 aliphatic heterocycles. The molecule has 0 saturated heterocycles. The van der Waals surface area contributed by atoms with Gasteiger partial charge < -0.3 is 5.73 Å². The number of halogens is 2. The van der Waals surface area contributed by atoms with Crippen LogP contribution in [-0.2, 0) is 6.42 Å². The molecular formula is C10H9F2N3S. The van der Waals surface area contributed by atoms with Gasteiger partial charge in [-0.25, -0.2) is 8.78 Å². The van der Waals surface area contributed by atoms with Gasteiger partial charge in [-0.05, 0) is 18.1 Å². The normalized spacial score (nSPS) is 12.7. The molecule has 1 atom stereocenters. The molecular weight excluding hydrogens is 232 g/mol. The van der Waals surface area contributed by atoms with Crippen molar-refractivity contribution in [3.05, 3.63) is 47.3 Å². The van der Waals surface area contributed by atoms with E-state index in [4.69, 9.17) is 5.73 Å². The van der Waals surface area contributed by atoms with Gasteiger partial charge in [0.2, 0.25) is 0 Å². The number of aromatic nitrogens is 2. The van der Waals surface area contributed by atoms with E-state index in [1.54, 1.807) is 0 Å². The maximum absolute atomic E-state index is 13.3. The van der Waals surface area contributed by atoms with Crippen LogP contribution in [0.3, 0.4) is 0 Å². The highest BCUT2D eigenvalue weighted by Crippen LogP contribution is 2.18. The second-order valence-electron chi connectivity index (χ2n) is 3.36. The van der Waals surface area contributed by atoms with Crippen LogP contribution in [0.5, 0.6) is 0 Å². The SMILES string of the molecule is NC(Cc1cccc(F)c1F)c1cnsn1. The maximum atomic E-state index is 13.3. The Morgan fingerprint density at radius 2 is 2.19 bits per heavy atom. The molecule has 16 heavy (non-hydrogen) atoms. The molecule has 2 rings (SSSR count). The van der Waals surface area contributed by atoms with E-state index in [1.165, 1.54) is 18.3 Å². The maximum Gasteiger partial charge on any atom is 0.162 e. The smallest absolute Gasteiger partial charge is 0.162 e. The third kappa shape index (κ3) is 2.23.